The Hall–Kier alpha value is -2.47. The molecule has 0 aliphatic rings. The fourth-order valence-electron chi connectivity index (χ4n) is 2.03. The monoisotopic (exact) mass is 298 g/mol. The van der Waals surface area contributed by atoms with Crippen molar-refractivity contribution in [1.29, 1.82) is 0 Å². The Morgan fingerprint density at radius 2 is 2.24 bits per heavy atom. The minimum Gasteiger partial charge on any atom is -0.346 e. The number of hydrogen-bond donors (Lipinski definition) is 2. The first-order valence-corrected chi connectivity index (χ1v) is 7.45. The highest BCUT2D eigenvalue weighted by molar-refractivity contribution is 7.08. The molecular weight excluding hydrogens is 284 g/mol. The van der Waals surface area contributed by atoms with E-state index in [1.165, 1.54) is 0 Å². The highest BCUT2D eigenvalue weighted by Crippen LogP contribution is 2.21. The third kappa shape index (κ3) is 3.00. The molecule has 3 aromatic heterocycles. The number of nitrogens with one attached hydrogen (secondary N) is 2. The second-order valence-electron chi connectivity index (χ2n) is 4.61. The van der Waals surface area contributed by atoms with E-state index in [2.05, 4.69) is 20.5 Å². The molecule has 3 heterocycles. The van der Waals surface area contributed by atoms with Crippen LogP contribution in [0.5, 0.6) is 0 Å². The van der Waals surface area contributed by atoms with E-state index in [0.717, 1.165) is 22.6 Å². The number of aromatic amines is 1. The molecule has 0 aromatic carbocycles. The quantitative estimate of drug-likeness (QED) is 0.778. The second kappa shape index (κ2) is 5.88. The molecule has 0 atom stereocenters. The number of amides is 1. The van der Waals surface area contributed by atoms with Crippen LogP contribution in [0.4, 0.5) is 0 Å². The average molecular weight is 298 g/mol. The highest BCUT2D eigenvalue weighted by Gasteiger charge is 2.11. The van der Waals surface area contributed by atoms with Crippen molar-refractivity contribution in [3.8, 4) is 11.3 Å². The van der Waals surface area contributed by atoms with Gasteiger partial charge in [-0.15, -0.1) is 0 Å². The van der Waals surface area contributed by atoms with E-state index in [9.17, 15) is 4.79 Å². The minimum absolute atomic E-state index is 0.133. The van der Waals surface area contributed by atoms with Gasteiger partial charge in [0.25, 0.3) is 5.91 Å². The summed E-state index contributed by atoms with van der Waals surface area (Å²) in [5.74, 6) is -0.133. The summed E-state index contributed by atoms with van der Waals surface area (Å²) in [6.07, 6.45) is 1.66. The van der Waals surface area contributed by atoms with Gasteiger partial charge in [-0.2, -0.15) is 16.4 Å². The van der Waals surface area contributed by atoms with Gasteiger partial charge >= 0.3 is 0 Å². The average Bonchev–Trinajstić information content (AvgIpc) is 3.18. The Kier molecular flexibility index (Phi) is 3.79. The van der Waals surface area contributed by atoms with Crippen molar-refractivity contribution >= 4 is 17.2 Å². The number of rotatable bonds is 4. The minimum atomic E-state index is -0.133. The summed E-state index contributed by atoms with van der Waals surface area (Å²) in [5, 5.41) is 13.6. The van der Waals surface area contributed by atoms with Gasteiger partial charge in [0.1, 0.15) is 0 Å². The number of thiophene rings is 1. The first-order valence-electron chi connectivity index (χ1n) is 6.51. The number of nitrogens with zero attached hydrogens (tertiary/aromatic N) is 2. The smallest absolute Gasteiger partial charge is 0.253 e. The lowest BCUT2D eigenvalue weighted by Gasteiger charge is -2.07. The van der Waals surface area contributed by atoms with Gasteiger partial charge in [-0.05, 0) is 36.6 Å². The third-order valence-corrected chi connectivity index (χ3v) is 3.83. The molecule has 6 heteroatoms. The van der Waals surface area contributed by atoms with Crippen LogP contribution in [0.25, 0.3) is 11.3 Å². The fraction of sp³-hybridized carbons (Fsp3) is 0.133. The first kappa shape index (κ1) is 13.5. The topological polar surface area (TPSA) is 70.7 Å². The van der Waals surface area contributed by atoms with E-state index in [-0.39, 0.29) is 5.91 Å². The fourth-order valence-corrected chi connectivity index (χ4v) is 2.68. The molecule has 1 amide bonds. The van der Waals surface area contributed by atoms with Gasteiger partial charge in [-0.25, -0.2) is 0 Å². The van der Waals surface area contributed by atoms with Crippen molar-refractivity contribution in [2.45, 2.75) is 13.5 Å². The molecule has 0 unspecified atom stereocenters. The molecule has 0 spiro atoms. The normalized spacial score (nSPS) is 10.5. The lowest BCUT2D eigenvalue weighted by atomic mass is 10.1. The lowest BCUT2D eigenvalue weighted by molar-refractivity contribution is 0.0949. The molecule has 0 radical (unpaired) electrons. The van der Waals surface area contributed by atoms with E-state index in [0.29, 0.717) is 12.1 Å². The zero-order valence-electron chi connectivity index (χ0n) is 11.5. The van der Waals surface area contributed by atoms with Gasteiger partial charge in [0.15, 0.2) is 0 Å². The molecule has 3 rings (SSSR count). The maximum absolute atomic E-state index is 12.2. The zero-order valence-corrected chi connectivity index (χ0v) is 12.3. The Bertz CT molecular complexity index is 735. The van der Waals surface area contributed by atoms with Gasteiger partial charge < -0.3 is 5.32 Å². The van der Waals surface area contributed by atoms with Crippen LogP contribution >= 0.6 is 11.3 Å². The van der Waals surface area contributed by atoms with Crippen molar-refractivity contribution in [2.75, 3.05) is 0 Å². The molecule has 0 fully saturated rings. The van der Waals surface area contributed by atoms with Crippen LogP contribution in [0.15, 0.2) is 41.2 Å². The number of aromatic nitrogens is 3. The highest BCUT2D eigenvalue weighted by atomic mass is 32.1. The molecule has 21 heavy (non-hydrogen) atoms. The van der Waals surface area contributed by atoms with Gasteiger partial charge in [-0.3, -0.25) is 14.9 Å². The third-order valence-electron chi connectivity index (χ3n) is 3.15. The summed E-state index contributed by atoms with van der Waals surface area (Å²) in [7, 11) is 0. The number of H-pyrrole nitrogens is 1. The van der Waals surface area contributed by atoms with E-state index < -0.39 is 0 Å². The van der Waals surface area contributed by atoms with E-state index in [1.54, 1.807) is 17.5 Å². The number of aryl methyl sites for hydroxylation is 1. The van der Waals surface area contributed by atoms with Crippen LogP contribution in [0, 0.1) is 6.92 Å². The lowest BCUT2D eigenvalue weighted by Crippen LogP contribution is -2.24. The molecule has 0 aliphatic carbocycles. The maximum Gasteiger partial charge on any atom is 0.253 e. The van der Waals surface area contributed by atoms with Crippen LogP contribution in [0.3, 0.4) is 0 Å². The summed E-state index contributed by atoms with van der Waals surface area (Å²) in [6, 6.07) is 7.53. The predicted octanol–water partition coefficient (Wildman–Crippen LogP) is 2.77. The summed E-state index contributed by atoms with van der Waals surface area (Å²) >= 11 is 1.63. The van der Waals surface area contributed by atoms with E-state index in [1.807, 2.05) is 41.9 Å². The number of carbonyl (C=O) groups excluding carboxylic acids is 1. The number of hydrogen-bond acceptors (Lipinski definition) is 4. The van der Waals surface area contributed by atoms with Crippen molar-refractivity contribution in [1.82, 2.24) is 20.5 Å². The summed E-state index contributed by atoms with van der Waals surface area (Å²) < 4.78 is 0. The van der Waals surface area contributed by atoms with Crippen LogP contribution in [-0.4, -0.2) is 21.1 Å². The molecule has 0 saturated carbocycles. The molecule has 0 aliphatic heterocycles. The van der Waals surface area contributed by atoms with Crippen molar-refractivity contribution < 1.29 is 4.79 Å². The largest absolute Gasteiger partial charge is 0.346 e. The maximum atomic E-state index is 12.2. The number of carbonyl (C=O) groups is 1. The zero-order chi connectivity index (χ0) is 14.7. The van der Waals surface area contributed by atoms with Gasteiger partial charge in [0, 0.05) is 17.1 Å². The van der Waals surface area contributed by atoms with Crippen LogP contribution in [-0.2, 0) is 6.54 Å². The second-order valence-corrected chi connectivity index (χ2v) is 5.39. The van der Waals surface area contributed by atoms with E-state index >= 15 is 0 Å². The van der Waals surface area contributed by atoms with Crippen LogP contribution in [0.2, 0.25) is 0 Å². The Morgan fingerprint density at radius 1 is 1.33 bits per heavy atom. The standard InChI is InChI=1S/C15H14N4OS/c1-10-13(15(20)16-8-12-4-6-17-19-12)2-3-14(18-10)11-5-7-21-9-11/h2-7,9H,8H2,1H3,(H,16,20)(H,17,19). The summed E-state index contributed by atoms with van der Waals surface area (Å²) in [6.45, 7) is 2.27. The molecular formula is C15H14N4OS. The van der Waals surface area contributed by atoms with Crippen LogP contribution < -0.4 is 5.32 Å². The van der Waals surface area contributed by atoms with Gasteiger partial charge in [-0.1, -0.05) is 0 Å². The molecule has 0 bridgehead atoms. The molecule has 2 N–H and O–H groups in total. The Labute approximate surface area is 126 Å². The molecule has 5 nitrogen and oxygen atoms in total. The predicted molar refractivity (Wildman–Crippen MR) is 82.0 cm³/mol. The van der Waals surface area contributed by atoms with Crippen molar-refractivity contribution in [3.05, 3.63) is 58.2 Å². The summed E-state index contributed by atoms with van der Waals surface area (Å²) in [4.78, 5) is 16.7. The Balaban J connectivity index is 1.74. The van der Waals surface area contributed by atoms with Crippen molar-refractivity contribution in [2.24, 2.45) is 0 Å². The number of pyridine rings is 1. The first-order chi connectivity index (χ1) is 10.2. The Morgan fingerprint density at radius 3 is 2.90 bits per heavy atom. The van der Waals surface area contributed by atoms with Crippen LogP contribution in [0.1, 0.15) is 21.7 Å². The van der Waals surface area contributed by atoms with Gasteiger partial charge in [0.05, 0.1) is 29.2 Å². The summed E-state index contributed by atoms with van der Waals surface area (Å²) in [5.41, 5.74) is 4.14. The van der Waals surface area contributed by atoms with Gasteiger partial charge in [0.2, 0.25) is 0 Å². The molecule has 3 aromatic rings. The molecule has 0 saturated heterocycles. The SMILES string of the molecule is Cc1nc(-c2ccsc2)ccc1C(=O)NCc1ccn[nH]1. The molecule has 106 valence electrons. The van der Waals surface area contributed by atoms with E-state index in [4.69, 9.17) is 0 Å². The van der Waals surface area contributed by atoms with Crippen molar-refractivity contribution in [3.63, 3.8) is 0 Å².